The van der Waals surface area contributed by atoms with Crippen molar-refractivity contribution < 1.29 is 23.1 Å². The molecule has 0 aliphatic carbocycles. The molecular formula is C16H21N3O5S. The number of carboxylic acids is 1. The minimum Gasteiger partial charge on any atom is -0.481 e. The number of fused-ring (bicyclic) bond motifs is 1. The normalized spacial score (nSPS) is 18.9. The van der Waals surface area contributed by atoms with Crippen LogP contribution in [0, 0.1) is 5.92 Å². The Hall–Kier alpha value is -2.42. The van der Waals surface area contributed by atoms with E-state index in [2.05, 4.69) is 9.71 Å². The van der Waals surface area contributed by atoms with Crippen LogP contribution in [0.2, 0.25) is 0 Å². The Kier molecular flexibility index (Phi) is 5.46. The molecule has 1 heterocycles. The van der Waals surface area contributed by atoms with Crippen molar-refractivity contribution in [1.29, 1.82) is 0 Å². The van der Waals surface area contributed by atoms with Crippen LogP contribution >= 0.6 is 0 Å². The van der Waals surface area contributed by atoms with Crippen molar-refractivity contribution in [3.8, 4) is 0 Å². The van der Waals surface area contributed by atoms with Crippen LogP contribution < -0.4 is 4.72 Å². The standard InChI is InChI=1S/C16H21N3O5S/c1-10(16(21)22)9-19(3)14(20)8-11(2)17-15-12-6-4-5-7-13(12)25(23,24)18-15/h4-7,10-11H,8-9H2,1-3H3,(H,17,18)(H,21,22). The number of aliphatic carboxylic acids is 1. The van der Waals surface area contributed by atoms with Crippen molar-refractivity contribution in [1.82, 2.24) is 9.62 Å². The Balaban J connectivity index is 2.07. The van der Waals surface area contributed by atoms with Gasteiger partial charge in [-0.15, -0.1) is 0 Å². The van der Waals surface area contributed by atoms with E-state index in [4.69, 9.17) is 5.11 Å². The molecular weight excluding hydrogens is 346 g/mol. The smallest absolute Gasteiger partial charge is 0.308 e. The number of hydrogen-bond acceptors (Lipinski definition) is 5. The molecule has 1 aromatic carbocycles. The molecule has 2 unspecified atom stereocenters. The molecule has 2 N–H and O–H groups in total. The summed E-state index contributed by atoms with van der Waals surface area (Å²) >= 11 is 0. The first-order valence-electron chi connectivity index (χ1n) is 7.78. The number of carbonyl (C=O) groups is 2. The van der Waals surface area contributed by atoms with Crippen LogP contribution in [-0.4, -0.2) is 55.8 Å². The van der Waals surface area contributed by atoms with Crippen molar-refractivity contribution in [2.24, 2.45) is 10.9 Å². The van der Waals surface area contributed by atoms with Crippen molar-refractivity contribution >= 4 is 27.7 Å². The first kappa shape index (κ1) is 18.9. The molecule has 1 aromatic rings. The third kappa shape index (κ3) is 4.36. The maximum atomic E-state index is 12.2. The van der Waals surface area contributed by atoms with Crippen molar-refractivity contribution in [2.75, 3.05) is 13.6 Å². The van der Waals surface area contributed by atoms with Gasteiger partial charge in [0.05, 0.1) is 16.9 Å². The summed E-state index contributed by atoms with van der Waals surface area (Å²) in [4.78, 5) is 28.9. The molecule has 136 valence electrons. The Labute approximate surface area is 146 Å². The van der Waals surface area contributed by atoms with Gasteiger partial charge in [-0.1, -0.05) is 19.1 Å². The van der Waals surface area contributed by atoms with E-state index in [9.17, 15) is 18.0 Å². The molecule has 0 spiro atoms. The van der Waals surface area contributed by atoms with Gasteiger partial charge in [-0.05, 0) is 19.1 Å². The summed E-state index contributed by atoms with van der Waals surface area (Å²) in [5.41, 5.74) is 0.481. The average Bonchev–Trinajstić information content (AvgIpc) is 2.78. The summed E-state index contributed by atoms with van der Waals surface area (Å²) in [5.74, 6) is -1.66. The van der Waals surface area contributed by atoms with Gasteiger partial charge in [0.25, 0.3) is 10.0 Å². The number of carbonyl (C=O) groups excluding carboxylic acids is 1. The van der Waals surface area contributed by atoms with Crippen molar-refractivity contribution in [3.05, 3.63) is 29.8 Å². The number of benzene rings is 1. The summed E-state index contributed by atoms with van der Waals surface area (Å²) in [5, 5.41) is 8.90. The SMILES string of the molecule is CC(CC(=O)N(C)CC(C)C(=O)O)N=C1NS(=O)(=O)c2ccccc21. The second kappa shape index (κ2) is 7.22. The first-order valence-corrected chi connectivity index (χ1v) is 9.27. The second-order valence-electron chi connectivity index (χ2n) is 6.15. The summed E-state index contributed by atoms with van der Waals surface area (Å²) in [6, 6.07) is 6.04. The van der Waals surface area contributed by atoms with Gasteiger partial charge < -0.3 is 10.0 Å². The summed E-state index contributed by atoms with van der Waals surface area (Å²) in [6.07, 6.45) is 0.0518. The molecule has 2 atom stereocenters. The lowest BCUT2D eigenvalue weighted by Crippen LogP contribution is -2.35. The molecule has 1 aliphatic rings. The Morgan fingerprint density at radius 3 is 2.56 bits per heavy atom. The largest absolute Gasteiger partial charge is 0.481 e. The van der Waals surface area contributed by atoms with E-state index in [0.717, 1.165) is 0 Å². The molecule has 25 heavy (non-hydrogen) atoms. The highest BCUT2D eigenvalue weighted by Crippen LogP contribution is 2.22. The van der Waals surface area contributed by atoms with E-state index < -0.39 is 28.0 Å². The maximum Gasteiger partial charge on any atom is 0.308 e. The van der Waals surface area contributed by atoms with Crippen LogP contribution in [0.4, 0.5) is 0 Å². The van der Waals surface area contributed by atoms with E-state index in [1.165, 1.54) is 24.9 Å². The quantitative estimate of drug-likeness (QED) is 0.767. The van der Waals surface area contributed by atoms with Crippen molar-refractivity contribution in [3.63, 3.8) is 0 Å². The number of nitrogens with one attached hydrogen (secondary N) is 1. The maximum absolute atomic E-state index is 12.2. The van der Waals surface area contributed by atoms with E-state index in [-0.39, 0.29) is 29.6 Å². The van der Waals surface area contributed by atoms with E-state index in [1.807, 2.05) is 0 Å². The topological polar surface area (TPSA) is 116 Å². The summed E-state index contributed by atoms with van der Waals surface area (Å²) < 4.78 is 26.5. The second-order valence-corrected chi connectivity index (χ2v) is 7.80. The van der Waals surface area contributed by atoms with Gasteiger partial charge in [-0.25, -0.2) is 8.42 Å². The highest BCUT2D eigenvalue weighted by molar-refractivity contribution is 7.90. The van der Waals surface area contributed by atoms with Gasteiger partial charge in [0.15, 0.2) is 0 Å². The lowest BCUT2D eigenvalue weighted by molar-refractivity contribution is -0.142. The van der Waals surface area contributed by atoms with Gasteiger partial charge in [-0.3, -0.25) is 19.3 Å². The van der Waals surface area contributed by atoms with Crippen LogP contribution in [0.1, 0.15) is 25.8 Å². The van der Waals surface area contributed by atoms with Gasteiger partial charge >= 0.3 is 5.97 Å². The lowest BCUT2D eigenvalue weighted by Gasteiger charge is -2.20. The van der Waals surface area contributed by atoms with Crippen LogP contribution in [-0.2, 0) is 19.6 Å². The highest BCUT2D eigenvalue weighted by Gasteiger charge is 2.30. The fourth-order valence-corrected chi connectivity index (χ4v) is 3.73. The molecule has 9 heteroatoms. The minimum atomic E-state index is -3.61. The molecule has 0 saturated carbocycles. The zero-order valence-corrected chi connectivity index (χ0v) is 15.1. The number of amidine groups is 1. The molecule has 0 aromatic heterocycles. The zero-order valence-electron chi connectivity index (χ0n) is 14.3. The van der Waals surface area contributed by atoms with Gasteiger partial charge in [0.2, 0.25) is 5.91 Å². The fraction of sp³-hybridized carbons (Fsp3) is 0.438. The number of aliphatic imine (C=N–C) groups is 1. The monoisotopic (exact) mass is 367 g/mol. The molecule has 8 nitrogen and oxygen atoms in total. The van der Waals surface area contributed by atoms with Gasteiger partial charge in [0, 0.05) is 25.6 Å². The summed E-state index contributed by atoms with van der Waals surface area (Å²) in [7, 11) is -2.08. The van der Waals surface area contributed by atoms with E-state index >= 15 is 0 Å². The van der Waals surface area contributed by atoms with Gasteiger partial charge in [0.1, 0.15) is 5.84 Å². The van der Waals surface area contributed by atoms with E-state index in [1.54, 1.807) is 25.1 Å². The predicted molar refractivity (Wildman–Crippen MR) is 91.8 cm³/mol. The van der Waals surface area contributed by atoms with E-state index in [0.29, 0.717) is 5.56 Å². The zero-order chi connectivity index (χ0) is 18.8. The Morgan fingerprint density at radius 2 is 1.92 bits per heavy atom. The first-order chi connectivity index (χ1) is 11.6. The molecule has 1 aliphatic heterocycles. The number of hydrogen-bond donors (Lipinski definition) is 2. The van der Waals surface area contributed by atoms with Crippen LogP contribution in [0.3, 0.4) is 0 Å². The average molecular weight is 367 g/mol. The number of sulfonamides is 1. The van der Waals surface area contributed by atoms with Crippen molar-refractivity contribution in [2.45, 2.75) is 31.2 Å². The molecule has 0 radical (unpaired) electrons. The molecule has 0 bridgehead atoms. The molecule has 0 saturated heterocycles. The Bertz CT molecular complexity index is 819. The number of rotatable bonds is 6. The van der Waals surface area contributed by atoms with Crippen LogP contribution in [0.25, 0.3) is 0 Å². The third-order valence-electron chi connectivity index (χ3n) is 3.88. The molecule has 1 amide bonds. The molecule has 2 rings (SSSR count). The van der Waals surface area contributed by atoms with Crippen LogP contribution in [0.5, 0.6) is 0 Å². The van der Waals surface area contributed by atoms with Gasteiger partial charge in [-0.2, -0.15) is 0 Å². The number of carboxylic acid groups (broad SMARTS) is 1. The Morgan fingerprint density at radius 1 is 1.28 bits per heavy atom. The van der Waals surface area contributed by atoms with Crippen LogP contribution in [0.15, 0.2) is 34.2 Å². The predicted octanol–water partition coefficient (Wildman–Crippen LogP) is 0.683. The number of nitrogens with zero attached hydrogens (tertiary/aromatic N) is 2. The minimum absolute atomic E-state index is 0.0518. The summed E-state index contributed by atoms with van der Waals surface area (Å²) in [6.45, 7) is 3.33. The number of amides is 1. The third-order valence-corrected chi connectivity index (χ3v) is 5.27. The molecule has 0 fully saturated rings. The lowest BCUT2D eigenvalue weighted by atomic mass is 10.1. The fourth-order valence-electron chi connectivity index (χ4n) is 2.50. The highest BCUT2D eigenvalue weighted by atomic mass is 32.2.